The molecule has 0 bridgehead atoms. The van der Waals surface area contributed by atoms with Gasteiger partial charge in [-0.15, -0.1) is 11.6 Å². The average Bonchev–Trinajstić information content (AvgIpc) is 2.44. The molecule has 1 N–H and O–H groups in total. The summed E-state index contributed by atoms with van der Waals surface area (Å²) < 4.78 is 5.48. The summed E-state index contributed by atoms with van der Waals surface area (Å²) in [4.78, 5) is 12.2. The van der Waals surface area contributed by atoms with Crippen LogP contribution in [0.3, 0.4) is 0 Å². The summed E-state index contributed by atoms with van der Waals surface area (Å²) in [6.45, 7) is 7.35. The number of carbonyl (C=O) groups excluding carboxylic acids is 1. The van der Waals surface area contributed by atoms with E-state index in [1.807, 2.05) is 25.1 Å². The lowest BCUT2D eigenvalue weighted by Gasteiger charge is -2.24. The van der Waals surface area contributed by atoms with E-state index in [-0.39, 0.29) is 11.3 Å². The van der Waals surface area contributed by atoms with E-state index in [0.29, 0.717) is 30.3 Å². The Morgan fingerprint density at radius 3 is 2.70 bits per heavy atom. The van der Waals surface area contributed by atoms with E-state index >= 15 is 0 Å². The maximum Gasteiger partial charge on any atom is 0.255 e. The molecule has 1 amide bonds. The van der Waals surface area contributed by atoms with E-state index in [0.717, 1.165) is 12.8 Å². The predicted octanol–water partition coefficient (Wildman–Crippen LogP) is 3.86. The summed E-state index contributed by atoms with van der Waals surface area (Å²) >= 11 is 5.72. The van der Waals surface area contributed by atoms with Crippen molar-refractivity contribution < 1.29 is 9.53 Å². The lowest BCUT2D eigenvalue weighted by Crippen LogP contribution is -2.34. The SMILES string of the molecule is CCOc1ccccc1C(=O)NCC(C)(C)CCCCl. The molecule has 0 heterocycles. The van der Waals surface area contributed by atoms with E-state index in [2.05, 4.69) is 19.2 Å². The highest BCUT2D eigenvalue weighted by Crippen LogP contribution is 2.22. The van der Waals surface area contributed by atoms with Crippen molar-refractivity contribution >= 4 is 17.5 Å². The van der Waals surface area contributed by atoms with Crippen LogP contribution < -0.4 is 10.1 Å². The zero-order valence-electron chi connectivity index (χ0n) is 12.5. The maximum absolute atomic E-state index is 12.2. The van der Waals surface area contributed by atoms with Gasteiger partial charge in [0.25, 0.3) is 5.91 Å². The molecule has 1 aromatic rings. The smallest absolute Gasteiger partial charge is 0.255 e. The maximum atomic E-state index is 12.2. The molecule has 0 radical (unpaired) electrons. The van der Waals surface area contributed by atoms with Gasteiger partial charge in [0.15, 0.2) is 0 Å². The third-order valence-electron chi connectivity index (χ3n) is 3.15. The number of para-hydroxylation sites is 1. The van der Waals surface area contributed by atoms with E-state index in [9.17, 15) is 4.79 Å². The van der Waals surface area contributed by atoms with Gasteiger partial charge in [0.2, 0.25) is 0 Å². The average molecular weight is 298 g/mol. The Bertz CT molecular complexity index is 432. The molecular weight excluding hydrogens is 274 g/mol. The molecule has 112 valence electrons. The molecule has 1 rings (SSSR count). The molecule has 4 heteroatoms. The number of hydrogen-bond donors (Lipinski definition) is 1. The summed E-state index contributed by atoms with van der Waals surface area (Å²) in [7, 11) is 0. The summed E-state index contributed by atoms with van der Waals surface area (Å²) in [6, 6.07) is 7.31. The van der Waals surface area contributed by atoms with Crippen molar-refractivity contribution in [3.05, 3.63) is 29.8 Å². The third-order valence-corrected chi connectivity index (χ3v) is 3.41. The molecule has 0 spiro atoms. The van der Waals surface area contributed by atoms with Gasteiger partial charge < -0.3 is 10.1 Å². The Kier molecular flexibility index (Phi) is 6.86. The molecule has 0 unspecified atom stereocenters. The Morgan fingerprint density at radius 1 is 1.35 bits per heavy atom. The Hall–Kier alpha value is -1.22. The lowest BCUT2D eigenvalue weighted by atomic mass is 9.88. The Morgan fingerprint density at radius 2 is 2.05 bits per heavy atom. The summed E-state index contributed by atoms with van der Waals surface area (Å²) in [6.07, 6.45) is 1.95. The monoisotopic (exact) mass is 297 g/mol. The normalized spacial score (nSPS) is 11.2. The number of nitrogens with one attached hydrogen (secondary N) is 1. The van der Waals surface area contributed by atoms with E-state index in [1.54, 1.807) is 6.07 Å². The minimum atomic E-state index is -0.0898. The highest BCUT2D eigenvalue weighted by molar-refractivity contribution is 6.17. The number of benzene rings is 1. The van der Waals surface area contributed by atoms with Crippen LogP contribution in [-0.4, -0.2) is 24.9 Å². The van der Waals surface area contributed by atoms with Crippen LogP contribution in [0, 0.1) is 5.41 Å². The number of hydrogen-bond acceptors (Lipinski definition) is 2. The molecular formula is C16H24ClNO2. The third kappa shape index (κ3) is 5.41. The minimum absolute atomic E-state index is 0.0467. The van der Waals surface area contributed by atoms with Crippen molar-refractivity contribution in [1.82, 2.24) is 5.32 Å². The zero-order chi connectivity index (χ0) is 15.0. The van der Waals surface area contributed by atoms with Crippen LogP contribution in [0.5, 0.6) is 5.75 Å². The quantitative estimate of drug-likeness (QED) is 0.740. The van der Waals surface area contributed by atoms with Gasteiger partial charge in [0.05, 0.1) is 12.2 Å². The number of ether oxygens (including phenoxy) is 1. The van der Waals surface area contributed by atoms with Crippen LogP contribution in [0.4, 0.5) is 0 Å². The van der Waals surface area contributed by atoms with Crippen LogP contribution in [0.25, 0.3) is 0 Å². The van der Waals surface area contributed by atoms with Crippen LogP contribution in [0.1, 0.15) is 44.0 Å². The standard InChI is InChI=1S/C16H24ClNO2/c1-4-20-14-9-6-5-8-13(14)15(19)18-12-16(2,3)10-7-11-17/h5-6,8-9H,4,7,10-12H2,1-3H3,(H,18,19). The first-order chi connectivity index (χ1) is 9.50. The minimum Gasteiger partial charge on any atom is -0.493 e. The number of alkyl halides is 1. The summed E-state index contributed by atoms with van der Waals surface area (Å²) in [5.74, 6) is 1.20. The van der Waals surface area contributed by atoms with Crippen LogP contribution >= 0.6 is 11.6 Å². The zero-order valence-corrected chi connectivity index (χ0v) is 13.3. The first-order valence-electron chi connectivity index (χ1n) is 7.06. The van der Waals surface area contributed by atoms with Crippen LogP contribution in [0.15, 0.2) is 24.3 Å². The van der Waals surface area contributed by atoms with Crippen molar-refractivity contribution in [3.63, 3.8) is 0 Å². The molecule has 0 aliphatic carbocycles. The molecule has 0 atom stereocenters. The van der Waals surface area contributed by atoms with Crippen molar-refractivity contribution in [2.24, 2.45) is 5.41 Å². The Balaban J connectivity index is 2.63. The summed E-state index contributed by atoms with van der Waals surface area (Å²) in [5, 5.41) is 2.98. The van der Waals surface area contributed by atoms with Crippen LogP contribution in [-0.2, 0) is 0 Å². The molecule has 1 aromatic carbocycles. The van der Waals surface area contributed by atoms with E-state index < -0.39 is 0 Å². The van der Waals surface area contributed by atoms with Crippen molar-refractivity contribution in [2.45, 2.75) is 33.6 Å². The topological polar surface area (TPSA) is 38.3 Å². The van der Waals surface area contributed by atoms with E-state index in [1.165, 1.54) is 0 Å². The fourth-order valence-corrected chi connectivity index (χ4v) is 2.12. The van der Waals surface area contributed by atoms with Gasteiger partial charge in [0, 0.05) is 12.4 Å². The highest BCUT2D eigenvalue weighted by Gasteiger charge is 2.19. The van der Waals surface area contributed by atoms with Crippen LogP contribution in [0.2, 0.25) is 0 Å². The predicted molar refractivity (Wildman–Crippen MR) is 83.7 cm³/mol. The fourth-order valence-electron chi connectivity index (χ4n) is 1.98. The molecule has 0 fully saturated rings. The van der Waals surface area contributed by atoms with Gasteiger partial charge in [-0.3, -0.25) is 4.79 Å². The fraction of sp³-hybridized carbons (Fsp3) is 0.562. The van der Waals surface area contributed by atoms with Gasteiger partial charge in [-0.2, -0.15) is 0 Å². The first kappa shape index (κ1) is 16.8. The van der Waals surface area contributed by atoms with E-state index in [4.69, 9.17) is 16.3 Å². The number of rotatable bonds is 8. The molecule has 0 saturated heterocycles. The largest absolute Gasteiger partial charge is 0.493 e. The van der Waals surface area contributed by atoms with Gasteiger partial charge in [-0.05, 0) is 37.3 Å². The lowest BCUT2D eigenvalue weighted by molar-refractivity contribution is 0.0930. The van der Waals surface area contributed by atoms with Crippen molar-refractivity contribution in [2.75, 3.05) is 19.0 Å². The van der Waals surface area contributed by atoms with Gasteiger partial charge >= 0.3 is 0 Å². The molecule has 0 aliphatic rings. The number of carbonyl (C=O) groups is 1. The second kappa shape index (κ2) is 8.15. The second-order valence-electron chi connectivity index (χ2n) is 5.57. The first-order valence-corrected chi connectivity index (χ1v) is 7.59. The van der Waals surface area contributed by atoms with Gasteiger partial charge in [0.1, 0.15) is 5.75 Å². The number of amides is 1. The molecule has 0 aromatic heterocycles. The second-order valence-corrected chi connectivity index (χ2v) is 5.95. The van der Waals surface area contributed by atoms with Crippen molar-refractivity contribution in [1.29, 1.82) is 0 Å². The van der Waals surface area contributed by atoms with Gasteiger partial charge in [-0.25, -0.2) is 0 Å². The van der Waals surface area contributed by atoms with Crippen molar-refractivity contribution in [3.8, 4) is 5.75 Å². The highest BCUT2D eigenvalue weighted by atomic mass is 35.5. The molecule has 20 heavy (non-hydrogen) atoms. The van der Waals surface area contributed by atoms with Gasteiger partial charge in [-0.1, -0.05) is 26.0 Å². The molecule has 3 nitrogen and oxygen atoms in total. The summed E-state index contributed by atoms with van der Waals surface area (Å²) in [5.41, 5.74) is 0.632. The molecule has 0 saturated carbocycles. The molecule has 0 aliphatic heterocycles. The Labute approximate surface area is 126 Å². The number of halogens is 1.